The minimum absolute atomic E-state index is 0.178. The largest absolute Gasteiger partial charge is 0.744 e. The molecule has 3 rings (SSSR count). The molecule has 0 saturated carbocycles. The number of anilines is 1. The Morgan fingerprint density at radius 1 is 1.08 bits per heavy atom. The Labute approximate surface area is 156 Å². The smallest absolute Gasteiger partial charge is 0.331 e. The number of hydrogen-bond acceptors (Lipinski definition) is 5. The highest BCUT2D eigenvalue weighted by molar-refractivity contribution is 7.85. The van der Waals surface area contributed by atoms with Gasteiger partial charge in [-0.2, -0.15) is 0 Å². The second-order valence-electron chi connectivity index (χ2n) is 5.29. The van der Waals surface area contributed by atoms with E-state index >= 15 is 0 Å². The van der Waals surface area contributed by atoms with Gasteiger partial charge in [-0.3, -0.25) is 5.73 Å². The van der Waals surface area contributed by atoms with Crippen LogP contribution in [0.25, 0.3) is 11.3 Å². The SMILES string of the molecule is C[n+]1c(-c2ccc(Cl)cc2)csc1N.Cc1ccc(S(=O)(=O)[O-])cc1. The van der Waals surface area contributed by atoms with E-state index in [4.69, 9.17) is 17.3 Å². The molecular formula is C17H17ClN2O3S2. The number of halogens is 1. The zero-order valence-electron chi connectivity index (χ0n) is 13.6. The first-order valence-electron chi connectivity index (χ1n) is 7.20. The normalized spacial score (nSPS) is 10.9. The summed E-state index contributed by atoms with van der Waals surface area (Å²) in [6.45, 7) is 1.82. The number of benzene rings is 2. The molecule has 2 N–H and O–H groups in total. The molecule has 25 heavy (non-hydrogen) atoms. The first kappa shape index (κ1) is 19.4. The molecule has 0 radical (unpaired) electrons. The third kappa shape index (κ3) is 5.27. The zero-order valence-corrected chi connectivity index (χ0v) is 16.0. The predicted octanol–water partition coefficient (Wildman–Crippen LogP) is 3.37. The van der Waals surface area contributed by atoms with Crippen molar-refractivity contribution in [3.63, 3.8) is 0 Å². The lowest BCUT2D eigenvalue weighted by atomic mass is 10.2. The van der Waals surface area contributed by atoms with Crippen LogP contribution in [0, 0.1) is 6.92 Å². The molecule has 0 atom stereocenters. The van der Waals surface area contributed by atoms with Gasteiger partial charge in [0.1, 0.15) is 15.8 Å². The van der Waals surface area contributed by atoms with Crippen LogP contribution in [0.2, 0.25) is 5.02 Å². The molecule has 0 spiro atoms. The molecule has 0 amide bonds. The van der Waals surface area contributed by atoms with Gasteiger partial charge in [-0.25, -0.2) is 13.0 Å². The van der Waals surface area contributed by atoms with Crippen LogP contribution in [0.3, 0.4) is 0 Å². The van der Waals surface area contributed by atoms with E-state index in [9.17, 15) is 13.0 Å². The van der Waals surface area contributed by atoms with E-state index < -0.39 is 10.1 Å². The fourth-order valence-corrected chi connectivity index (χ4v) is 3.36. The summed E-state index contributed by atoms with van der Waals surface area (Å²) in [5.41, 5.74) is 8.94. The van der Waals surface area contributed by atoms with Gasteiger partial charge in [-0.15, -0.1) is 0 Å². The molecule has 0 aliphatic rings. The van der Waals surface area contributed by atoms with E-state index in [0.717, 1.165) is 27.0 Å². The van der Waals surface area contributed by atoms with Gasteiger partial charge in [0.15, 0.2) is 0 Å². The van der Waals surface area contributed by atoms with Crippen LogP contribution in [0.15, 0.2) is 58.8 Å². The summed E-state index contributed by atoms with van der Waals surface area (Å²) >= 11 is 7.35. The van der Waals surface area contributed by atoms with Crippen LogP contribution in [0.4, 0.5) is 5.13 Å². The van der Waals surface area contributed by atoms with Gasteiger partial charge in [-0.05, 0) is 43.3 Å². The molecule has 8 heteroatoms. The van der Waals surface area contributed by atoms with E-state index in [1.165, 1.54) is 23.5 Å². The number of nitrogen functional groups attached to an aromatic ring is 1. The molecular weight excluding hydrogens is 380 g/mol. The highest BCUT2D eigenvalue weighted by atomic mass is 35.5. The van der Waals surface area contributed by atoms with Crippen molar-refractivity contribution in [2.24, 2.45) is 7.05 Å². The maximum Gasteiger partial charge on any atom is 0.331 e. The fraction of sp³-hybridized carbons (Fsp3) is 0.118. The van der Waals surface area contributed by atoms with E-state index in [-0.39, 0.29) is 4.90 Å². The van der Waals surface area contributed by atoms with Crippen molar-refractivity contribution in [2.75, 3.05) is 5.73 Å². The molecule has 2 aromatic carbocycles. The first-order chi connectivity index (χ1) is 11.7. The molecule has 0 bridgehead atoms. The van der Waals surface area contributed by atoms with Crippen molar-refractivity contribution in [1.82, 2.24) is 0 Å². The number of aromatic nitrogens is 1. The third-order valence-corrected chi connectivity index (χ3v) is 5.39. The van der Waals surface area contributed by atoms with Crippen LogP contribution < -0.4 is 10.3 Å². The van der Waals surface area contributed by atoms with Gasteiger partial charge in [0.2, 0.25) is 0 Å². The maximum atomic E-state index is 10.4. The standard InChI is InChI=1S/C10H9ClN2S.C7H8O3S/c1-13-9(6-14-10(13)12)7-2-4-8(11)5-3-7;1-6-2-4-7(5-3-6)11(8,9)10/h2-6,12H,1H3;2-5H,1H3,(H,8,9,10). The van der Waals surface area contributed by atoms with Gasteiger partial charge in [0, 0.05) is 16.0 Å². The highest BCUT2D eigenvalue weighted by Gasteiger charge is 2.11. The molecule has 0 saturated heterocycles. The third-order valence-electron chi connectivity index (χ3n) is 3.43. The van der Waals surface area contributed by atoms with Crippen molar-refractivity contribution in [3.8, 4) is 11.3 Å². The fourth-order valence-electron chi connectivity index (χ4n) is 1.98. The van der Waals surface area contributed by atoms with E-state index in [2.05, 4.69) is 0 Å². The van der Waals surface area contributed by atoms with E-state index in [0.29, 0.717) is 0 Å². The van der Waals surface area contributed by atoms with Crippen molar-refractivity contribution in [1.29, 1.82) is 0 Å². The monoisotopic (exact) mass is 396 g/mol. The van der Waals surface area contributed by atoms with Gasteiger partial charge in [0.05, 0.1) is 11.9 Å². The molecule has 5 nitrogen and oxygen atoms in total. The molecule has 1 heterocycles. The molecule has 0 aliphatic heterocycles. The van der Waals surface area contributed by atoms with Gasteiger partial charge in [-0.1, -0.05) is 40.6 Å². The molecule has 0 fully saturated rings. The number of nitrogens with zero attached hydrogens (tertiary/aromatic N) is 1. The number of hydrogen-bond donors (Lipinski definition) is 1. The van der Waals surface area contributed by atoms with Crippen molar-refractivity contribution in [3.05, 3.63) is 64.5 Å². The molecule has 1 aromatic heterocycles. The minimum atomic E-state index is -4.27. The Morgan fingerprint density at radius 3 is 2.08 bits per heavy atom. The maximum absolute atomic E-state index is 10.4. The first-order valence-corrected chi connectivity index (χ1v) is 9.86. The topological polar surface area (TPSA) is 87.1 Å². The number of aryl methyl sites for hydroxylation is 1. The van der Waals surface area contributed by atoms with Crippen LogP contribution in [0.1, 0.15) is 5.56 Å². The Hall–Kier alpha value is -1.93. The van der Waals surface area contributed by atoms with Crippen molar-refractivity contribution >= 4 is 38.2 Å². The van der Waals surface area contributed by atoms with Crippen molar-refractivity contribution < 1.29 is 17.5 Å². The van der Waals surface area contributed by atoms with Crippen molar-refractivity contribution in [2.45, 2.75) is 11.8 Å². The second-order valence-corrected chi connectivity index (χ2v) is 8.00. The minimum Gasteiger partial charge on any atom is -0.744 e. The quantitative estimate of drug-likeness (QED) is 0.531. The summed E-state index contributed by atoms with van der Waals surface area (Å²) in [6.07, 6.45) is 0. The number of rotatable bonds is 2. The van der Waals surface area contributed by atoms with E-state index in [1.54, 1.807) is 12.1 Å². The van der Waals surface area contributed by atoms with Crippen LogP contribution in [-0.2, 0) is 17.2 Å². The van der Waals surface area contributed by atoms with Crippen LogP contribution in [-0.4, -0.2) is 13.0 Å². The van der Waals surface area contributed by atoms with Crippen LogP contribution >= 0.6 is 22.9 Å². The second kappa shape index (κ2) is 7.97. The Balaban J connectivity index is 0.000000186. The molecule has 0 unspecified atom stereocenters. The predicted molar refractivity (Wildman–Crippen MR) is 99.5 cm³/mol. The van der Waals surface area contributed by atoms with Crippen LogP contribution in [0.5, 0.6) is 0 Å². The van der Waals surface area contributed by atoms with Gasteiger partial charge in [0.25, 0.3) is 0 Å². The summed E-state index contributed by atoms with van der Waals surface area (Å²) in [5.74, 6) is 0. The lowest BCUT2D eigenvalue weighted by Crippen LogP contribution is -2.31. The van der Waals surface area contributed by atoms with Gasteiger partial charge < -0.3 is 4.55 Å². The summed E-state index contributed by atoms with van der Waals surface area (Å²) in [4.78, 5) is -0.178. The zero-order chi connectivity index (χ0) is 18.6. The summed E-state index contributed by atoms with van der Waals surface area (Å²) < 4.78 is 33.1. The average Bonchev–Trinajstić information content (AvgIpc) is 2.88. The van der Waals surface area contributed by atoms with Gasteiger partial charge >= 0.3 is 5.13 Å². The lowest BCUT2D eigenvalue weighted by Gasteiger charge is -2.05. The summed E-state index contributed by atoms with van der Waals surface area (Å²) in [6, 6.07) is 13.5. The highest BCUT2D eigenvalue weighted by Crippen LogP contribution is 2.22. The average molecular weight is 397 g/mol. The molecule has 3 aromatic rings. The summed E-state index contributed by atoms with van der Waals surface area (Å²) in [5, 5.41) is 3.59. The Bertz CT molecular complexity index is 951. The number of thiazole rings is 1. The summed E-state index contributed by atoms with van der Waals surface area (Å²) in [7, 11) is -2.32. The molecule has 132 valence electrons. The lowest BCUT2D eigenvalue weighted by molar-refractivity contribution is -0.641. The molecule has 0 aliphatic carbocycles. The number of nitrogens with two attached hydrogens (primary N) is 1. The Kier molecular flexibility index (Phi) is 6.18. The van der Waals surface area contributed by atoms with E-state index in [1.807, 2.05) is 48.2 Å². The Morgan fingerprint density at radius 2 is 1.64 bits per heavy atom.